The van der Waals surface area contributed by atoms with Crippen LogP contribution < -0.4 is 22.0 Å². The Hall–Kier alpha value is -2.70. The van der Waals surface area contributed by atoms with Gasteiger partial charge in [-0.1, -0.05) is 30.3 Å². The number of aliphatic hydroxyl groups excluding tert-OH is 1. The summed E-state index contributed by atoms with van der Waals surface area (Å²) in [6.45, 7) is 7.53. The number of azo groups is 1. The van der Waals surface area contributed by atoms with Gasteiger partial charge in [-0.2, -0.15) is 0 Å². The van der Waals surface area contributed by atoms with Crippen molar-refractivity contribution in [2.45, 2.75) is 26.9 Å². The quantitative estimate of drug-likeness (QED) is 0.421. The maximum atomic E-state index is 9.35. The molecule has 0 spiro atoms. The number of anilines is 1. The molecule has 0 amide bonds. The molecule has 6 nitrogen and oxygen atoms in total. The van der Waals surface area contributed by atoms with Crippen LogP contribution in [0, 0.1) is 0 Å². The van der Waals surface area contributed by atoms with Crippen LogP contribution in [0.2, 0.25) is 0 Å². The fraction of sp³-hybridized carbons (Fsp3) is 0.318. The van der Waals surface area contributed by atoms with Gasteiger partial charge in [0.15, 0.2) is 12.7 Å². The number of benzene rings is 2. The van der Waals surface area contributed by atoms with Gasteiger partial charge in [0.25, 0.3) is 0 Å². The highest BCUT2D eigenvalue weighted by Crippen LogP contribution is 2.22. The number of hydrogen-bond acceptors (Lipinski definition) is 4. The second kappa shape index (κ2) is 11.3. The molecule has 0 saturated heterocycles. The van der Waals surface area contributed by atoms with Gasteiger partial charge in [0.2, 0.25) is 5.82 Å². The summed E-state index contributed by atoms with van der Waals surface area (Å²) in [6.07, 6.45) is 1.93. The molecule has 154 valence electrons. The van der Waals surface area contributed by atoms with E-state index < -0.39 is 0 Å². The molecule has 0 aliphatic rings. The molecule has 2 aromatic carbocycles. The first kappa shape index (κ1) is 22.6. The summed E-state index contributed by atoms with van der Waals surface area (Å²) >= 11 is 0. The number of aliphatic hydroxyl groups is 1. The van der Waals surface area contributed by atoms with Crippen molar-refractivity contribution in [1.29, 1.82) is 0 Å². The summed E-state index contributed by atoms with van der Waals surface area (Å²) in [5.74, 6) is 0.755. The first-order valence-electron chi connectivity index (χ1n) is 9.76. The summed E-state index contributed by atoms with van der Waals surface area (Å²) in [6, 6.07) is 20.3. The molecule has 3 aromatic rings. The van der Waals surface area contributed by atoms with Gasteiger partial charge in [0.05, 0.1) is 11.8 Å². The van der Waals surface area contributed by atoms with Crippen molar-refractivity contribution in [2.24, 2.45) is 10.2 Å². The summed E-state index contributed by atoms with van der Waals surface area (Å²) in [5.41, 5.74) is 3.18. The van der Waals surface area contributed by atoms with Crippen molar-refractivity contribution in [3.63, 3.8) is 0 Å². The summed E-state index contributed by atoms with van der Waals surface area (Å²) in [7, 11) is 0. The smallest absolute Gasteiger partial charge is 0.215 e. The molecule has 1 heterocycles. The minimum atomic E-state index is 0. The van der Waals surface area contributed by atoms with Crippen molar-refractivity contribution < 1.29 is 22.2 Å². The number of hydrogen-bond donors (Lipinski definition) is 1. The van der Waals surface area contributed by atoms with Crippen LogP contribution in [-0.2, 0) is 13.1 Å². The molecule has 1 N–H and O–H groups in total. The largest absolute Gasteiger partial charge is 1.00 e. The molecule has 0 aliphatic heterocycles. The lowest BCUT2D eigenvalue weighted by molar-refractivity contribution is -0.774. The third kappa shape index (κ3) is 5.89. The molecular weight excluding hydrogens is 386 g/mol. The van der Waals surface area contributed by atoms with Crippen molar-refractivity contribution in [3.8, 4) is 0 Å². The maximum Gasteiger partial charge on any atom is 0.215 e. The lowest BCUT2D eigenvalue weighted by Crippen LogP contribution is -3.00. The van der Waals surface area contributed by atoms with E-state index in [2.05, 4.69) is 53.2 Å². The van der Waals surface area contributed by atoms with Gasteiger partial charge in [-0.05, 0) is 43.7 Å². The standard InChI is InChI=1S/C22H28N5O.ClH/c1-3-25(4-2)21-12-10-20(11-13-21)23-24-22-14-15-26(16-17-28)27(22)18-19-8-6-5-7-9-19;/h5-15,28H,3-4,16-18H2,1-2H3;1H/q+1;/p-1. The van der Waals surface area contributed by atoms with E-state index in [4.69, 9.17) is 0 Å². The van der Waals surface area contributed by atoms with Gasteiger partial charge in [-0.3, -0.25) is 0 Å². The average Bonchev–Trinajstić information content (AvgIpc) is 3.11. The molecule has 7 heteroatoms. The first-order chi connectivity index (χ1) is 13.7. The molecule has 0 aliphatic carbocycles. The van der Waals surface area contributed by atoms with E-state index in [1.54, 1.807) is 0 Å². The minimum Gasteiger partial charge on any atom is -1.00 e. The Morgan fingerprint density at radius 3 is 2.24 bits per heavy atom. The lowest BCUT2D eigenvalue weighted by atomic mass is 10.2. The molecule has 3 rings (SSSR count). The lowest BCUT2D eigenvalue weighted by Gasteiger charge is -2.20. The van der Waals surface area contributed by atoms with Crippen molar-refractivity contribution in [3.05, 3.63) is 72.4 Å². The van der Waals surface area contributed by atoms with E-state index in [1.165, 1.54) is 11.3 Å². The van der Waals surface area contributed by atoms with Crippen molar-refractivity contribution in [2.75, 3.05) is 24.6 Å². The predicted octanol–water partition coefficient (Wildman–Crippen LogP) is 1.08. The topological polar surface area (TPSA) is 57.0 Å². The zero-order chi connectivity index (χ0) is 19.8. The van der Waals surface area contributed by atoms with Crippen LogP contribution >= 0.6 is 0 Å². The highest BCUT2D eigenvalue weighted by Gasteiger charge is 2.15. The molecule has 0 atom stereocenters. The Kier molecular flexibility index (Phi) is 8.83. The molecule has 0 saturated carbocycles. The van der Waals surface area contributed by atoms with E-state index in [-0.39, 0.29) is 19.0 Å². The maximum absolute atomic E-state index is 9.35. The van der Waals surface area contributed by atoms with Crippen LogP contribution in [0.25, 0.3) is 0 Å². The average molecular weight is 414 g/mol. The molecule has 0 bridgehead atoms. The van der Waals surface area contributed by atoms with E-state index in [0.29, 0.717) is 13.1 Å². The van der Waals surface area contributed by atoms with Gasteiger partial charge >= 0.3 is 0 Å². The van der Waals surface area contributed by atoms with E-state index in [1.807, 2.05) is 52.0 Å². The molecule has 1 aromatic heterocycles. The fourth-order valence-electron chi connectivity index (χ4n) is 3.19. The number of rotatable bonds is 9. The van der Waals surface area contributed by atoms with E-state index >= 15 is 0 Å². The van der Waals surface area contributed by atoms with Gasteiger partial charge < -0.3 is 22.4 Å². The van der Waals surface area contributed by atoms with Crippen LogP contribution in [0.5, 0.6) is 0 Å². The zero-order valence-electron chi connectivity index (χ0n) is 16.9. The van der Waals surface area contributed by atoms with Crippen LogP contribution in [0.1, 0.15) is 19.4 Å². The van der Waals surface area contributed by atoms with Gasteiger partial charge in [0.1, 0.15) is 13.2 Å². The molecule has 0 unspecified atom stereocenters. The Labute approximate surface area is 178 Å². The van der Waals surface area contributed by atoms with E-state index in [9.17, 15) is 5.11 Å². The Morgan fingerprint density at radius 1 is 0.931 bits per heavy atom. The van der Waals surface area contributed by atoms with Crippen LogP contribution in [0.15, 0.2) is 77.1 Å². The second-order valence-corrected chi connectivity index (χ2v) is 6.49. The molecule has 29 heavy (non-hydrogen) atoms. The first-order valence-corrected chi connectivity index (χ1v) is 9.76. The summed E-state index contributed by atoms with van der Waals surface area (Å²) in [5, 5.41) is 18.2. The van der Waals surface area contributed by atoms with Gasteiger partial charge in [-0.15, -0.1) is 19.6 Å². The third-order valence-corrected chi connectivity index (χ3v) is 4.72. The molecular formula is C22H28ClN5O. The van der Waals surface area contributed by atoms with Gasteiger partial charge in [-0.25, -0.2) is 0 Å². The zero-order valence-corrected chi connectivity index (χ0v) is 17.7. The SMILES string of the molecule is CCN(CC)c1ccc(N=Nc2cc[n+](CCO)n2Cc2ccccc2)cc1.[Cl-]. The fourth-order valence-corrected chi connectivity index (χ4v) is 3.19. The Morgan fingerprint density at radius 2 is 1.62 bits per heavy atom. The van der Waals surface area contributed by atoms with Crippen LogP contribution in [0.4, 0.5) is 17.2 Å². The van der Waals surface area contributed by atoms with Crippen molar-refractivity contribution in [1.82, 2.24) is 4.68 Å². The van der Waals surface area contributed by atoms with Crippen LogP contribution in [0.3, 0.4) is 0 Å². The number of halogens is 1. The predicted molar refractivity (Wildman–Crippen MR) is 111 cm³/mol. The molecule has 0 fully saturated rings. The Bertz CT molecular complexity index is 889. The number of nitrogens with zero attached hydrogens (tertiary/aromatic N) is 5. The van der Waals surface area contributed by atoms with E-state index in [0.717, 1.165) is 24.6 Å². The summed E-state index contributed by atoms with van der Waals surface area (Å²) < 4.78 is 3.99. The highest BCUT2D eigenvalue weighted by atomic mass is 35.5. The number of aromatic nitrogens is 2. The normalized spacial score (nSPS) is 10.9. The highest BCUT2D eigenvalue weighted by molar-refractivity contribution is 5.52. The monoisotopic (exact) mass is 413 g/mol. The second-order valence-electron chi connectivity index (χ2n) is 6.49. The minimum absolute atomic E-state index is 0. The van der Waals surface area contributed by atoms with Gasteiger partial charge in [0, 0.05) is 18.8 Å². The Balaban J connectivity index is 0.00000300. The third-order valence-electron chi connectivity index (χ3n) is 4.72. The molecule has 0 radical (unpaired) electrons. The van der Waals surface area contributed by atoms with Crippen molar-refractivity contribution >= 4 is 17.2 Å². The van der Waals surface area contributed by atoms with Crippen LogP contribution in [-0.4, -0.2) is 29.5 Å². The summed E-state index contributed by atoms with van der Waals surface area (Å²) in [4.78, 5) is 2.30.